The zero-order valence-corrected chi connectivity index (χ0v) is 12.4. The first-order valence-corrected chi connectivity index (χ1v) is 7.44. The van der Waals surface area contributed by atoms with E-state index in [1.165, 1.54) is 12.8 Å². The second-order valence-corrected chi connectivity index (χ2v) is 5.92. The number of hydrogen-bond donors (Lipinski definition) is 0. The minimum Gasteiger partial charge on any atom is -0.461 e. The molecule has 1 aromatic carbocycles. The zero-order chi connectivity index (χ0) is 13.4. The highest BCUT2D eigenvalue weighted by atomic mass is 79.9. The van der Waals surface area contributed by atoms with Gasteiger partial charge in [0.25, 0.3) is 0 Å². The molecule has 0 saturated heterocycles. The van der Waals surface area contributed by atoms with E-state index in [4.69, 9.17) is 4.74 Å². The van der Waals surface area contributed by atoms with Crippen molar-refractivity contribution in [3.05, 3.63) is 34.4 Å². The van der Waals surface area contributed by atoms with Gasteiger partial charge in [-0.2, -0.15) is 0 Å². The number of benzene rings is 1. The summed E-state index contributed by atoms with van der Waals surface area (Å²) >= 11 is 3.50. The number of carbonyl (C=O) groups is 1. The van der Waals surface area contributed by atoms with Gasteiger partial charge in [-0.3, -0.25) is 0 Å². The van der Waals surface area contributed by atoms with Crippen molar-refractivity contribution in [1.82, 2.24) is 4.57 Å². The number of aromatic nitrogens is 1. The maximum atomic E-state index is 12.1. The molecule has 4 heteroatoms. The maximum absolute atomic E-state index is 12.1. The maximum Gasteiger partial charge on any atom is 0.354 e. The van der Waals surface area contributed by atoms with Gasteiger partial charge in [-0.15, -0.1) is 0 Å². The first kappa shape index (κ1) is 12.7. The molecule has 1 heterocycles. The van der Waals surface area contributed by atoms with Crippen LogP contribution in [0.25, 0.3) is 10.9 Å². The number of ether oxygens (including phenoxy) is 1. The number of esters is 1. The van der Waals surface area contributed by atoms with Crippen molar-refractivity contribution in [2.75, 3.05) is 6.61 Å². The molecule has 0 unspecified atom stereocenters. The number of nitrogens with zero attached hydrogens (tertiary/aromatic N) is 1. The predicted molar refractivity (Wildman–Crippen MR) is 78.3 cm³/mol. The first-order valence-electron chi connectivity index (χ1n) is 6.65. The summed E-state index contributed by atoms with van der Waals surface area (Å²) in [5.41, 5.74) is 1.77. The Morgan fingerprint density at radius 2 is 2.21 bits per heavy atom. The van der Waals surface area contributed by atoms with Gasteiger partial charge >= 0.3 is 5.97 Å². The molecule has 1 saturated carbocycles. The van der Waals surface area contributed by atoms with Gasteiger partial charge in [0.15, 0.2) is 0 Å². The Hall–Kier alpha value is -1.29. The molecule has 0 radical (unpaired) electrons. The molecule has 3 nitrogen and oxygen atoms in total. The minimum atomic E-state index is -0.226. The molecule has 3 rings (SSSR count). The fraction of sp³-hybridized carbons (Fsp3) is 0.400. The van der Waals surface area contributed by atoms with Crippen LogP contribution in [-0.4, -0.2) is 17.1 Å². The van der Waals surface area contributed by atoms with Gasteiger partial charge in [0.2, 0.25) is 0 Å². The molecular formula is C15H16BrNO2. The number of hydrogen-bond acceptors (Lipinski definition) is 2. The molecule has 0 N–H and O–H groups in total. The minimum absolute atomic E-state index is 0.226. The summed E-state index contributed by atoms with van der Waals surface area (Å²) in [7, 11) is 0. The van der Waals surface area contributed by atoms with E-state index in [0.717, 1.165) is 21.9 Å². The van der Waals surface area contributed by atoms with Gasteiger partial charge in [0, 0.05) is 21.9 Å². The van der Waals surface area contributed by atoms with Crippen LogP contribution in [0.3, 0.4) is 0 Å². The number of fused-ring (bicyclic) bond motifs is 1. The van der Waals surface area contributed by atoms with E-state index in [2.05, 4.69) is 26.6 Å². The van der Waals surface area contributed by atoms with Gasteiger partial charge in [-0.05, 0) is 43.9 Å². The van der Waals surface area contributed by atoms with E-state index in [0.29, 0.717) is 18.2 Å². The molecule has 100 valence electrons. The van der Waals surface area contributed by atoms with E-state index in [1.807, 2.05) is 25.1 Å². The summed E-state index contributed by atoms with van der Waals surface area (Å²) in [6.07, 6.45) is 2.52. The fourth-order valence-corrected chi connectivity index (χ4v) is 2.71. The van der Waals surface area contributed by atoms with E-state index >= 15 is 0 Å². The van der Waals surface area contributed by atoms with Crippen molar-refractivity contribution >= 4 is 32.8 Å². The lowest BCUT2D eigenvalue weighted by atomic mass is 10.2. The second kappa shape index (κ2) is 5.00. The standard InChI is InChI=1S/C15H16BrNO2/c1-2-19-15(18)14-7-11-5-6-12(16)8-13(11)17(14)9-10-3-4-10/h5-8,10H,2-4,9H2,1H3. The number of carbonyl (C=O) groups excluding carboxylic acids is 1. The third kappa shape index (κ3) is 2.54. The highest BCUT2D eigenvalue weighted by Gasteiger charge is 2.25. The van der Waals surface area contributed by atoms with E-state index < -0.39 is 0 Å². The van der Waals surface area contributed by atoms with Crippen molar-refractivity contribution < 1.29 is 9.53 Å². The average molecular weight is 322 g/mol. The van der Waals surface area contributed by atoms with Crippen molar-refractivity contribution in [2.45, 2.75) is 26.3 Å². The topological polar surface area (TPSA) is 31.2 Å². The van der Waals surface area contributed by atoms with Crippen molar-refractivity contribution in [2.24, 2.45) is 5.92 Å². The molecule has 0 bridgehead atoms. The SMILES string of the molecule is CCOC(=O)c1cc2ccc(Br)cc2n1CC1CC1. The van der Waals surface area contributed by atoms with Crippen LogP contribution in [-0.2, 0) is 11.3 Å². The molecular weight excluding hydrogens is 306 g/mol. The number of halogens is 1. The predicted octanol–water partition coefficient (Wildman–Crippen LogP) is 3.99. The molecule has 0 aliphatic heterocycles. The van der Waals surface area contributed by atoms with Crippen molar-refractivity contribution in [3.8, 4) is 0 Å². The average Bonchev–Trinajstić information content (AvgIpc) is 3.12. The molecule has 1 aliphatic rings. The number of rotatable bonds is 4. The molecule has 0 spiro atoms. The van der Waals surface area contributed by atoms with Crippen LogP contribution in [0, 0.1) is 5.92 Å². The summed E-state index contributed by atoms with van der Waals surface area (Å²) in [6.45, 7) is 3.16. The van der Waals surface area contributed by atoms with Crippen LogP contribution in [0.5, 0.6) is 0 Å². The van der Waals surface area contributed by atoms with Gasteiger partial charge in [0.05, 0.1) is 6.61 Å². The smallest absolute Gasteiger partial charge is 0.354 e. The van der Waals surface area contributed by atoms with E-state index in [-0.39, 0.29) is 5.97 Å². The van der Waals surface area contributed by atoms with Gasteiger partial charge in [-0.1, -0.05) is 22.0 Å². The van der Waals surface area contributed by atoms with Crippen LogP contribution in [0.4, 0.5) is 0 Å². The third-order valence-corrected chi connectivity index (χ3v) is 3.98. The summed E-state index contributed by atoms with van der Waals surface area (Å²) in [5.74, 6) is 0.484. The summed E-state index contributed by atoms with van der Waals surface area (Å²) in [5, 5.41) is 1.09. The molecule has 1 fully saturated rings. The molecule has 19 heavy (non-hydrogen) atoms. The Balaban J connectivity index is 2.10. The van der Waals surface area contributed by atoms with Crippen molar-refractivity contribution in [1.29, 1.82) is 0 Å². The highest BCUT2D eigenvalue weighted by Crippen LogP contribution is 2.34. The normalized spacial score (nSPS) is 14.8. The Morgan fingerprint density at radius 3 is 2.89 bits per heavy atom. The quantitative estimate of drug-likeness (QED) is 0.797. The molecule has 0 amide bonds. The fourth-order valence-electron chi connectivity index (χ4n) is 2.36. The van der Waals surface area contributed by atoms with Crippen LogP contribution in [0.2, 0.25) is 0 Å². The molecule has 1 aromatic heterocycles. The monoisotopic (exact) mass is 321 g/mol. The lowest BCUT2D eigenvalue weighted by Crippen LogP contribution is -2.13. The molecule has 0 atom stereocenters. The van der Waals surface area contributed by atoms with Crippen LogP contribution in [0.1, 0.15) is 30.3 Å². The van der Waals surface area contributed by atoms with Gasteiger partial charge in [-0.25, -0.2) is 4.79 Å². The highest BCUT2D eigenvalue weighted by molar-refractivity contribution is 9.10. The summed E-state index contributed by atoms with van der Waals surface area (Å²) in [4.78, 5) is 12.1. The van der Waals surface area contributed by atoms with Crippen LogP contribution < -0.4 is 0 Å². The van der Waals surface area contributed by atoms with Crippen LogP contribution in [0.15, 0.2) is 28.7 Å². The van der Waals surface area contributed by atoms with Gasteiger partial charge < -0.3 is 9.30 Å². The molecule has 1 aliphatic carbocycles. The zero-order valence-electron chi connectivity index (χ0n) is 10.9. The summed E-state index contributed by atoms with van der Waals surface area (Å²) < 4.78 is 8.30. The lowest BCUT2D eigenvalue weighted by Gasteiger charge is -2.09. The lowest BCUT2D eigenvalue weighted by molar-refractivity contribution is 0.0514. The van der Waals surface area contributed by atoms with E-state index in [1.54, 1.807) is 0 Å². The Kier molecular flexibility index (Phi) is 3.35. The van der Waals surface area contributed by atoms with Crippen molar-refractivity contribution in [3.63, 3.8) is 0 Å². The summed E-state index contributed by atoms with van der Waals surface area (Å²) in [6, 6.07) is 8.03. The largest absolute Gasteiger partial charge is 0.461 e. The second-order valence-electron chi connectivity index (χ2n) is 5.01. The Morgan fingerprint density at radius 1 is 1.42 bits per heavy atom. The van der Waals surface area contributed by atoms with Crippen LogP contribution >= 0.6 is 15.9 Å². The molecule has 2 aromatic rings. The third-order valence-electron chi connectivity index (χ3n) is 3.49. The van der Waals surface area contributed by atoms with E-state index in [9.17, 15) is 4.79 Å². The Bertz CT molecular complexity index is 628. The Labute approximate surface area is 120 Å². The van der Waals surface area contributed by atoms with Gasteiger partial charge in [0.1, 0.15) is 5.69 Å². The first-order chi connectivity index (χ1) is 9.19.